The predicted octanol–water partition coefficient (Wildman–Crippen LogP) is 1.75. The first-order valence-electron chi connectivity index (χ1n) is 12.4. The lowest BCUT2D eigenvalue weighted by Gasteiger charge is -2.29. The molecule has 3 aliphatic rings. The van der Waals surface area contributed by atoms with Crippen LogP contribution >= 0.6 is 0 Å². The van der Waals surface area contributed by atoms with Crippen LogP contribution in [0.5, 0.6) is 5.75 Å². The van der Waals surface area contributed by atoms with E-state index in [1.54, 1.807) is 12.1 Å². The number of rotatable bonds is 10. The summed E-state index contributed by atoms with van der Waals surface area (Å²) in [5.41, 5.74) is 0.705. The van der Waals surface area contributed by atoms with Crippen molar-refractivity contribution in [1.29, 1.82) is 0 Å². The number of carboxylic acids is 1. The van der Waals surface area contributed by atoms with Gasteiger partial charge in [0.25, 0.3) is 0 Å². The molecule has 1 heterocycles. The van der Waals surface area contributed by atoms with Gasteiger partial charge in [-0.2, -0.15) is 0 Å². The van der Waals surface area contributed by atoms with Crippen LogP contribution in [0.4, 0.5) is 0 Å². The number of hydrogen-bond acceptors (Lipinski definition) is 6. The molecule has 3 atom stereocenters. The molecule has 8 nitrogen and oxygen atoms in total. The largest absolute Gasteiger partial charge is 0.547 e. The molecule has 4 rings (SSSR count). The van der Waals surface area contributed by atoms with Crippen LogP contribution in [0.2, 0.25) is 0 Å². The highest BCUT2D eigenvalue weighted by Crippen LogP contribution is 2.33. The van der Waals surface area contributed by atoms with Gasteiger partial charge in [-0.25, -0.2) is 4.79 Å². The van der Waals surface area contributed by atoms with Crippen molar-refractivity contribution in [3.63, 3.8) is 0 Å². The van der Waals surface area contributed by atoms with E-state index in [9.17, 15) is 19.7 Å². The summed E-state index contributed by atoms with van der Waals surface area (Å²) in [7, 11) is -1.26. The molecule has 0 radical (unpaired) electrons. The Bertz CT molecular complexity index is 832. The molecule has 2 fully saturated rings. The van der Waals surface area contributed by atoms with Gasteiger partial charge in [0, 0.05) is 25.6 Å². The quantitative estimate of drug-likeness (QED) is 0.268. The van der Waals surface area contributed by atoms with Gasteiger partial charge in [0.15, 0.2) is 0 Å². The van der Waals surface area contributed by atoms with Gasteiger partial charge in [0.05, 0.1) is 11.5 Å². The van der Waals surface area contributed by atoms with Crippen LogP contribution in [-0.4, -0.2) is 60.7 Å². The molecule has 9 heteroatoms. The van der Waals surface area contributed by atoms with Crippen LogP contribution in [0.25, 0.3) is 0 Å². The third kappa shape index (κ3) is 6.49. The minimum atomic E-state index is -1.26. The van der Waals surface area contributed by atoms with Crippen LogP contribution in [0.15, 0.2) is 18.2 Å². The van der Waals surface area contributed by atoms with Gasteiger partial charge in [-0.05, 0) is 68.5 Å². The maximum absolute atomic E-state index is 12.6. The van der Waals surface area contributed by atoms with E-state index >= 15 is 0 Å². The van der Waals surface area contributed by atoms with Crippen LogP contribution in [0, 0.1) is 11.8 Å². The molecule has 0 saturated heterocycles. The Labute approximate surface area is 196 Å². The number of aromatic carboxylic acids is 1. The zero-order chi connectivity index (χ0) is 23.2. The third-order valence-electron chi connectivity index (χ3n) is 7.34. The Morgan fingerprint density at radius 3 is 2.67 bits per heavy atom. The van der Waals surface area contributed by atoms with Gasteiger partial charge in [-0.15, -0.1) is 0 Å². The molecule has 2 aliphatic carbocycles. The molecule has 2 saturated carbocycles. The van der Waals surface area contributed by atoms with E-state index in [4.69, 9.17) is 4.65 Å². The van der Waals surface area contributed by atoms with Crippen LogP contribution in [0.1, 0.15) is 67.3 Å². The number of carbonyl (C=O) groups excluding carboxylic acids is 1. The summed E-state index contributed by atoms with van der Waals surface area (Å²) in [6.07, 6.45) is 9.36. The fourth-order valence-electron chi connectivity index (χ4n) is 5.59. The highest BCUT2D eigenvalue weighted by molar-refractivity contribution is 6.47. The zero-order valence-corrected chi connectivity index (χ0v) is 19.2. The molecule has 3 unspecified atom stereocenters. The fourth-order valence-corrected chi connectivity index (χ4v) is 5.59. The van der Waals surface area contributed by atoms with Crippen molar-refractivity contribution < 1.29 is 24.4 Å². The Morgan fingerprint density at radius 1 is 1.09 bits per heavy atom. The lowest BCUT2D eigenvalue weighted by molar-refractivity contribution is -0.122. The predicted molar refractivity (Wildman–Crippen MR) is 126 cm³/mol. The summed E-state index contributed by atoms with van der Waals surface area (Å²) in [5, 5.41) is 29.7. The lowest BCUT2D eigenvalue weighted by atomic mass is 9.72. The van der Waals surface area contributed by atoms with E-state index in [1.807, 2.05) is 0 Å². The van der Waals surface area contributed by atoms with Crippen molar-refractivity contribution in [1.82, 2.24) is 16.0 Å². The zero-order valence-electron chi connectivity index (χ0n) is 19.2. The van der Waals surface area contributed by atoms with Gasteiger partial charge in [0.1, 0.15) is 5.75 Å². The average molecular weight is 457 g/mol. The second kappa shape index (κ2) is 11.4. The Hall–Kier alpha value is -2.10. The molecule has 180 valence electrons. The second-order valence-corrected chi connectivity index (χ2v) is 9.87. The highest BCUT2D eigenvalue weighted by atomic mass is 16.5. The molecule has 1 amide bonds. The Morgan fingerprint density at radius 2 is 1.88 bits per heavy atom. The molecule has 1 aliphatic heterocycles. The first kappa shape index (κ1) is 24.0. The summed E-state index contributed by atoms with van der Waals surface area (Å²) < 4.78 is 5.47. The van der Waals surface area contributed by atoms with Gasteiger partial charge >= 0.3 is 13.1 Å². The van der Waals surface area contributed by atoms with Crippen molar-refractivity contribution in [3.05, 3.63) is 29.3 Å². The second-order valence-electron chi connectivity index (χ2n) is 9.87. The van der Waals surface area contributed by atoms with Crippen LogP contribution in [0.3, 0.4) is 0 Å². The number of fused-ring (bicyclic) bond motifs is 1. The van der Waals surface area contributed by atoms with Crippen molar-refractivity contribution in [2.24, 2.45) is 11.8 Å². The number of carboxylic acid groups (broad SMARTS) is 1. The summed E-state index contributed by atoms with van der Waals surface area (Å²) in [4.78, 5) is 24.0. The first-order chi connectivity index (χ1) is 16.0. The van der Waals surface area contributed by atoms with E-state index in [-0.39, 0.29) is 17.2 Å². The molecule has 0 spiro atoms. The van der Waals surface area contributed by atoms with Gasteiger partial charge in [-0.1, -0.05) is 25.0 Å². The highest BCUT2D eigenvalue weighted by Gasteiger charge is 2.38. The van der Waals surface area contributed by atoms with Crippen molar-refractivity contribution in [2.75, 3.05) is 19.6 Å². The Kier molecular flexibility index (Phi) is 8.27. The molecule has 1 aromatic carbocycles. The van der Waals surface area contributed by atoms with Crippen LogP contribution in [-0.2, 0) is 11.2 Å². The standard InChI is InChI=1S/C24H36BN3O5/c29-22(28-21-14-18-4-3-7-20(24(30)31)23(18)33-25(21)32)13-16-8-9-17(12-16)15-26-10-11-27-19-5-1-2-6-19/h3-4,7,16-17,19,21,26-27,32H,1-2,5-6,8-15H2,(H,28,29)(H,30,31). The maximum Gasteiger partial charge on any atom is 0.547 e. The number of benzene rings is 1. The lowest BCUT2D eigenvalue weighted by Crippen LogP contribution is -2.53. The summed E-state index contributed by atoms with van der Waals surface area (Å²) >= 11 is 0. The summed E-state index contributed by atoms with van der Waals surface area (Å²) in [5.74, 6) is -0.607. The molecular weight excluding hydrogens is 421 g/mol. The average Bonchev–Trinajstić information content (AvgIpc) is 3.46. The minimum absolute atomic E-state index is 0.0243. The van der Waals surface area contributed by atoms with E-state index in [2.05, 4.69) is 16.0 Å². The van der Waals surface area contributed by atoms with Gasteiger partial charge in [-0.3, -0.25) is 4.79 Å². The summed E-state index contributed by atoms with van der Waals surface area (Å²) in [6.45, 7) is 3.01. The van der Waals surface area contributed by atoms with E-state index in [0.29, 0.717) is 36.3 Å². The number of nitrogens with one attached hydrogen (secondary N) is 3. The van der Waals surface area contributed by atoms with Gasteiger partial charge in [0.2, 0.25) is 5.91 Å². The number of carbonyl (C=O) groups is 2. The molecule has 0 bridgehead atoms. The van der Waals surface area contributed by atoms with E-state index < -0.39 is 19.0 Å². The minimum Gasteiger partial charge on any atom is -0.534 e. The topological polar surface area (TPSA) is 120 Å². The van der Waals surface area contributed by atoms with Crippen molar-refractivity contribution in [2.45, 2.75) is 69.8 Å². The smallest absolute Gasteiger partial charge is 0.534 e. The molecular formula is C24H36BN3O5. The molecule has 5 N–H and O–H groups in total. The molecule has 0 aromatic heterocycles. The normalized spacial score (nSPS) is 25.0. The molecule has 1 aromatic rings. The van der Waals surface area contributed by atoms with Crippen molar-refractivity contribution in [3.8, 4) is 5.75 Å². The first-order valence-corrected chi connectivity index (χ1v) is 12.4. The monoisotopic (exact) mass is 457 g/mol. The van der Waals surface area contributed by atoms with E-state index in [0.717, 1.165) is 38.9 Å². The van der Waals surface area contributed by atoms with Crippen LogP contribution < -0.4 is 20.6 Å². The third-order valence-corrected chi connectivity index (χ3v) is 7.34. The summed E-state index contributed by atoms with van der Waals surface area (Å²) in [6, 6.07) is 5.58. The number of amides is 1. The Balaban J connectivity index is 1.16. The number of para-hydroxylation sites is 1. The van der Waals surface area contributed by atoms with E-state index in [1.165, 1.54) is 31.7 Å². The molecule has 33 heavy (non-hydrogen) atoms. The SMILES string of the molecule is O=C(CC1CCC(CNCCNC2CCCC2)C1)NC1Cc2cccc(C(=O)O)c2OB1O. The van der Waals surface area contributed by atoms with Gasteiger partial charge < -0.3 is 30.7 Å². The number of hydrogen-bond donors (Lipinski definition) is 5. The fraction of sp³-hybridized carbons (Fsp3) is 0.667. The maximum atomic E-state index is 12.6. The van der Waals surface area contributed by atoms with Crippen molar-refractivity contribution >= 4 is 19.0 Å².